The van der Waals surface area contributed by atoms with Gasteiger partial charge < -0.3 is 20.1 Å². The fourth-order valence-corrected chi connectivity index (χ4v) is 1.12. The lowest BCUT2D eigenvalue weighted by Crippen LogP contribution is -2.29. The van der Waals surface area contributed by atoms with Crippen molar-refractivity contribution >= 4 is 11.8 Å². The van der Waals surface area contributed by atoms with E-state index < -0.39 is 0 Å². The highest BCUT2D eigenvalue weighted by Crippen LogP contribution is 1.91. The fourth-order valence-electron chi connectivity index (χ4n) is 1.12. The Morgan fingerprint density at radius 2 is 1.63 bits per heavy atom. The Morgan fingerprint density at radius 3 is 2.16 bits per heavy atom. The van der Waals surface area contributed by atoms with Crippen molar-refractivity contribution in [3.05, 3.63) is 25.3 Å². The number of ether oxygens (including phenoxy) is 2. The third-order valence-electron chi connectivity index (χ3n) is 2.07. The SMILES string of the molecule is C=CC(=O)NCCOCC(C)OCCNC(=O)C=C. The van der Waals surface area contributed by atoms with Crippen LogP contribution in [0.4, 0.5) is 0 Å². The molecule has 0 aromatic heterocycles. The molecule has 1 unspecified atom stereocenters. The molecule has 0 aliphatic rings. The van der Waals surface area contributed by atoms with Crippen LogP contribution in [0.3, 0.4) is 0 Å². The van der Waals surface area contributed by atoms with Crippen LogP contribution in [-0.2, 0) is 19.1 Å². The van der Waals surface area contributed by atoms with E-state index in [-0.39, 0.29) is 17.9 Å². The minimum atomic E-state index is -0.217. The van der Waals surface area contributed by atoms with E-state index in [0.717, 1.165) is 0 Å². The minimum absolute atomic E-state index is 0.0734. The van der Waals surface area contributed by atoms with Crippen molar-refractivity contribution in [2.75, 3.05) is 32.9 Å². The number of carbonyl (C=O) groups is 2. The smallest absolute Gasteiger partial charge is 0.243 e. The van der Waals surface area contributed by atoms with Crippen LogP contribution in [0.15, 0.2) is 25.3 Å². The van der Waals surface area contributed by atoms with Crippen molar-refractivity contribution < 1.29 is 19.1 Å². The molecule has 0 heterocycles. The lowest BCUT2D eigenvalue weighted by Gasteiger charge is -2.13. The third-order valence-corrected chi connectivity index (χ3v) is 2.07. The number of rotatable bonds is 11. The van der Waals surface area contributed by atoms with E-state index in [1.165, 1.54) is 12.2 Å². The van der Waals surface area contributed by atoms with Crippen molar-refractivity contribution in [1.29, 1.82) is 0 Å². The topological polar surface area (TPSA) is 76.7 Å². The molecule has 0 aliphatic carbocycles. The molecular weight excluding hydrogens is 248 g/mol. The summed E-state index contributed by atoms with van der Waals surface area (Å²) in [6, 6.07) is 0. The molecule has 0 saturated carbocycles. The summed E-state index contributed by atoms with van der Waals surface area (Å²) in [6.45, 7) is 10.7. The predicted molar refractivity (Wildman–Crippen MR) is 72.6 cm³/mol. The highest BCUT2D eigenvalue weighted by atomic mass is 16.5. The first-order valence-corrected chi connectivity index (χ1v) is 6.10. The Morgan fingerprint density at radius 1 is 1.11 bits per heavy atom. The molecule has 6 heteroatoms. The van der Waals surface area contributed by atoms with E-state index in [1.54, 1.807) is 0 Å². The van der Waals surface area contributed by atoms with Crippen LogP contribution >= 0.6 is 0 Å². The van der Waals surface area contributed by atoms with Gasteiger partial charge in [-0.3, -0.25) is 9.59 Å². The Kier molecular flexibility index (Phi) is 10.4. The molecule has 0 fully saturated rings. The molecule has 108 valence electrons. The van der Waals surface area contributed by atoms with E-state index in [9.17, 15) is 9.59 Å². The Balaban J connectivity index is 3.37. The van der Waals surface area contributed by atoms with Gasteiger partial charge in [-0.2, -0.15) is 0 Å². The average Bonchev–Trinajstić information content (AvgIpc) is 2.42. The van der Waals surface area contributed by atoms with Crippen molar-refractivity contribution in [3.63, 3.8) is 0 Å². The Hall–Kier alpha value is -1.66. The van der Waals surface area contributed by atoms with Gasteiger partial charge in [-0.1, -0.05) is 13.2 Å². The molecule has 0 bridgehead atoms. The van der Waals surface area contributed by atoms with Crippen LogP contribution in [0.1, 0.15) is 6.92 Å². The highest BCUT2D eigenvalue weighted by molar-refractivity contribution is 5.87. The molecule has 1 atom stereocenters. The lowest BCUT2D eigenvalue weighted by molar-refractivity contribution is -0.117. The van der Waals surface area contributed by atoms with Crippen molar-refractivity contribution in [1.82, 2.24) is 10.6 Å². The first kappa shape index (κ1) is 17.3. The van der Waals surface area contributed by atoms with Gasteiger partial charge in [0.2, 0.25) is 11.8 Å². The second kappa shape index (κ2) is 11.4. The maximum Gasteiger partial charge on any atom is 0.243 e. The zero-order valence-corrected chi connectivity index (χ0v) is 11.3. The standard InChI is InChI=1S/C13H22N2O4/c1-4-12(16)14-6-8-18-10-11(3)19-9-7-15-13(17)5-2/h4-5,11H,1-2,6-10H2,3H3,(H,14,16)(H,15,17). The maximum atomic E-state index is 10.8. The summed E-state index contributed by atoms with van der Waals surface area (Å²) in [4.78, 5) is 21.6. The molecule has 0 spiro atoms. The van der Waals surface area contributed by atoms with Gasteiger partial charge in [-0.15, -0.1) is 0 Å². The first-order chi connectivity index (χ1) is 9.10. The third kappa shape index (κ3) is 11.2. The summed E-state index contributed by atoms with van der Waals surface area (Å²) in [5, 5.41) is 5.20. The Bertz CT molecular complexity index is 305. The van der Waals surface area contributed by atoms with E-state index in [1.807, 2.05) is 6.92 Å². The molecule has 2 amide bonds. The number of hydrogen-bond donors (Lipinski definition) is 2. The molecule has 6 nitrogen and oxygen atoms in total. The summed E-state index contributed by atoms with van der Waals surface area (Å²) in [6.07, 6.45) is 2.35. The zero-order valence-electron chi connectivity index (χ0n) is 11.3. The second-order valence-corrected chi connectivity index (χ2v) is 3.75. The minimum Gasteiger partial charge on any atom is -0.377 e. The normalized spacial score (nSPS) is 11.4. The zero-order chi connectivity index (χ0) is 14.5. The number of amides is 2. The van der Waals surface area contributed by atoms with Crippen LogP contribution in [0.5, 0.6) is 0 Å². The molecule has 2 N–H and O–H groups in total. The molecular formula is C13H22N2O4. The second-order valence-electron chi connectivity index (χ2n) is 3.75. The fraction of sp³-hybridized carbons (Fsp3) is 0.538. The number of carbonyl (C=O) groups excluding carboxylic acids is 2. The average molecular weight is 270 g/mol. The summed E-state index contributed by atoms with van der Waals surface area (Å²) in [5.41, 5.74) is 0. The monoisotopic (exact) mass is 270 g/mol. The van der Waals surface area contributed by atoms with Gasteiger partial charge in [0.15, 0.2) is 0 Å². The quantitative estimate of drug-likeness (QED) is 0.410. The largest absolute Gasteiger partial charge is 0.377 e. The van der Waals surface area contributed by atoms with Crippen molar-refractivity contribution in [3.8, 4) is 0 Å². The van der Waals surface area contributed by atoms with Gasteiger partial charge in [0.1, 0.15) is 0 Å². The predicted octanol–water partition coefficient (Wildman–Crippen LogP) is 0.0125. The molecule has 0 aliphatic heterocycles. The van der Waals surface area contributed by atoms with Gasteiger partial charge in [0, 0.05) is 13.1 Å². The van der Waals surface area contributed by atoms with Crippen LogP contribution in [0.2, 0.25) is 0 Å². The highest BCUT2D eigenvalue weighted by Gasteiger charge is 2.02. The van der Waals surface area contributed by atoms with Gasteiger partial charge in [-0.05, 0) is 19.1 Å². The van der Waals surface area contributed by atoms with Crippen LogP contribution < -0.4 is 10.6 Å². The van der Waals surface area contributed by atoms with Gasteiger partial charge in [0.05, 0.1) is 25.9 Å². The van der Waals surface area contributed by atoms with E-state index in [2.05, 4.69) is 23.8 Å². The van der Waals surface area contributed by atoms with Crippen molar-refractivity contribution in [2.45, 2.75) is 13.0 Å². The summed E-state index contributed by atoms with van der Waals surface area (Å²) in [7, 11) is 0. The number of nitrogens with one attached hydrogen (secondary N) is 2. The first-order valence-electron chi connectivity index (χ1n) is 6.10. The molecule has 0 aromatic carbocycles. The van der Waals surface area contributed by atoms with Crippen LogP contribution in [0.25, 0.3) is 0 Å². The van der Waals surface area contributed by atoms with Gasteiger partial charge in [0.25, 0.3) is 0 Å². The molecule has 19 heavy (non-hydrogen) atoms. The van der Waals surface area contributed by atoms with Gasteiger partial charge in [-0.25, -0.2) is 0 Å². The Labute approximate surface area is 113 Å². The summed E-state index contributed by atoms with van der Waals surface area (Å²) < 4.78 is 10.7. The van der Waals surface area contributed by atoms with E-state index >= 15 is 0 Å². The molecule has 0 radical (unpaired) electrons. The number of hydrogen-bond acceptors (Lipinski definition) is 4. The molecule has 0 aromatic rings. The van der Waals surface area contributed by atoms with Crippen LogP contribution in [-0.4, -0.2) is 50.8 Å². The van der Waals surface area contributed by atoms with Crippen molar-refractivity contribution in [2.24, 2.45) is 0 Å². The lowest BCUT2D eigenvalue weighted by atomic mass is 10.4. The van der Waals surface area contributed by atoms with E-state index in [0.29, 0.717) is 32.9 Å². The van der Waals surface area contributed by atoms with Gasteiger partial charge >= 0.3 is 0 Å². The summed E-state index contributed by atoms with van der Waals surface area (Å²) in [5.74, 6) is -0.434. The summed E-state index contributed by atoms with van der Waals surface area (Å²) >= 11 is 0. The van der Waals surface area contributed by atoms with E-state index in [4.69, 9.17) is 9.47 Å². The maximum absolute atomic E-state index is 10.8. The van der Waals surface area contributed by atoms with Crippen LogP contribution in [0, 0.1) is 0 Å². The molecule has 0 saturated heterocycles. The molecule has 0 rings (SSSR count).